The molecule has 0 bridgehead atoms. The minimum atomic E-state index is 0.166. The molecule has 1 aliphatic rings. The lowest BCUT2D eigenvalue weighted by atomic mass is 9.93. The average molecular weight is 325 g/mol. The van der Waals surface area contributed by atoms with Crippen molar-refractivity contribution < 1.29 is 9.53 Å². The van der Waals surface area contributed by atoms with Crippen molar-refractivity contribution in [2.75, 3.05) is 20.2 Å². The smallest absolute Gasteiger partial charge is 0.219 e. The van der Waals surface area contributed by atoms with Gasteiger partial charge in [0.25, 0.3) is 0 Å². The highest BCUT2D eigenvalue weighted by molar-refractivity contribution is 5.73. The van der Waals surface area contributed by atoms with Crippen LogP contribution in [-0.2, 0) is 11.2 Å². The van der Waals surface area contributed by atoms with E-state index in [-0.39, 0.29) is 5.91 Å². The van der Waals surface area contributed by atoms with Crippen LogP contribution in [0.15, 0.2) is 36.4 Å². The molecule has 1 atom stereocenters. The molecule has 1 amide bonds. The van der Waals surface area contributed by atoms with Crippen molar-refractivity contribution in [1.29, 1.82) is 0 Å². The quantitative estimate of drug-likeness (QED) is 0.867. The van der Waals surface area contributed by atoms with Gasteiger partial charge in [-0.25, -0.2) is 0 Å². The fourth-order valence-electron chi connectivity index (χ4n) is 3.22. The first-order chi connectivity index (χ1) is 11.7. The molecule has 1 aromatic carbocycles. The lowest BCUT2D eigenvalue weighted by Gasteiger charge is -2.31. The number of ether oxygens (including phenoxy) is 1. The summed E-state index contributed by atoms with van der Waals surface area (Å²) < 4.78 is 5.25. The minimum absolute atomic E-state index is 0.166. The van der Waals surface area contributed by atoms with Gasteiger partial charge in [-0.3, -0.25) is 4.79 Å². The Balaban J connectivity index is 1.67. The summed E-state index contributed by atoms with van der Waals surface area (Å²) in [5, 5.41) is 8.74. The zero-order chi connectivity index (χ0) is 16.9. The molecule has 0 radical (unpaired) electrons. The number of nitrogens with zero attached hydrogens (tertiary/aromatic N) is 3. The van der Waals surface area contributed by atoms with Gasteiger partial charge in [0, 0.05) is 25.6 Å². The Hall–Kier alpha value is -2.43. The molecule has 24 heavy (non-hydrogen) atoms. The molecule has 5 nitrogen and oxygen atoms in total. The van der Waals surface area contributed by atoms with Gasteiger partial charge in [-0.2, -0.15) is 10.2 Å². The second-order valence-corrected chi connectivity index (χ2v) is 6.32. The number of benzene rings is 1. The van der Waals surface area contributed by atoms with Gasteiger partial charge in [0.15, 0.2) is 0 Å². The van der Waals surface area contributed by atoms with E-state index >= 15 is 0 Å². The monoisotopic (exact) mass is 325 g/mol. The molecule has 3 rings (SSSR count). The van der Waals surface area contributed by atoms with Crippen LogP contribution in [0.5, 0.6) is 5.75 Å². The molecule has 0 N–H and O–H groups in total. The molecule has 1 fully saturated rings. The third-order valence-corrected chi connectivity index (χ3v) is 4.55. The molecule has 2 aromatic rings. The summed E-state index contributed by atoms with van der Waals surface area (Å²) in [5.74, 6) is 1.45. The van der Waals surface area contributed by atoms with Crippen LogP contribution in [0.3, 0.4) is 0 Å². The summed E-state index contributed by atoms with van der Waals surface area (Å²) in [6, 6.07) is 11.8. The maximum Gasteiger partial charge on any atom is 0.219 e. The maximum absolute atomic E-state index is 11.5. The number of carbonyl (C=O) groups excluding carboxylic acids is 1. The van der Waals surface area contributed by atoms with Gasteiger partial charge in [0.05, 0.1) is 18.5 Å². The summed E-state index contributed by atoms with van der Waals surface area (Å²) in [4.78, 5) is 13.5. The Morgan fingerprint density at radius 2 is 2.17 bits per heavy atom. The molecule has 126 valence electrons. The number of hydrogen-bond acceptors (Lipinski definition) is 4. The van der Waals surface area contributed by atoms with Crippen LogP contribution in [-0.4, -0.2) is 41.2 Å². The molecular weight excluding hydrogens is 302 g/mol. The first-order valence-electron chi connectivity index (χ1n) is 8.38. The van der Waals surface area contributed by atoms with Crippen molar-refractivity contribution in [3.05, 3.63) is 42.1 Å². The van der Waals surface area contributed by atoms with Crippen LogP contribution in [0.4, 0.5) is 0 Å². The van der Waals surface area contributed by atoms with Crippen molar-refractivity contribution in [1.82, 2.24) is 15.1 Å². The fourth-order valence-corrected chi connectivity index (χ4v) is 3.22. The predicted octanol–water partition coefficient (Wildman–Crippen LogP) is 2.95. The maximum atomic E-state index is 11.5. The van der Waals surface area contributed by atoms with E-state index in [0.717, 1.165) is 55.1 Å². The normalized spacial score (nSPS) is 17.6. The van der Waals surface area contributed by atoms with Crippen molar-refractivity contribution in [2.45, 2.75) is 26.2 Å². The van der Waals surface area contributed by atoms with Gasteiger partial charge >= 0.3 is 0 Å². The molecule has 0 aliphatic carbocycles. The molecule has 1 aromatic heterocycles. The Morgan fingerprint density at radius 3 is 2.88 bits per heavy atom. The number of likely N-dealkylation sites (tertiary alicyclic amines) is 1. The summed E-state index contributed by atoms with van der Waals surface area (Å²) in [7, 11) is 1.66. The summed E-state index contributed by atoms with van der Waals surface area (Å²) >= 11 is 0. The van der Waals surface area contributed by atoms with Crippen LogP contribution in [0.2, 0.25) is 0 Å². The van der Waals surface area contributed by atoms with Gasteiger partial charge in [0.2, 0.25) is 5.91 Å². The van der Waals surface area contributed by atoms with Gasteiger partial charge in [-0.05, 0) is 49.4 Å². The van der Waals surface area contributed by atoms with Gasteiger partial charge in [-0.15, -0.1) is 0 Å². The number of carbonyl (C=O) groups is 1. The number of piperidine rings is 1. The molecule has 1 aliphatic heterocycles. The first-order valence-corrected chi connectivity index (χ1v) is 8.38. The first kappa shape index (κ1) is 16.4. The van der Waals surface area contributed by atoms with Crippen LogP contribution in [0, 0.1) is 5.92 Å². The highest BCUT2D eigenvalue weighted by Gasteiger charge is 2.22. The molecule has 2 heterocycles. The van der Waals surface area contributed by atoms with Crippen LogP contribution < -0.4 is 4.74 Å². The fraction of sp³-hybridized carbons (Fsp3) is 0.421. The molecule has 0 saturated carbocycles. The molecule has 0 spiro atoms. The summed E-state index contributed by atoms with van der Waals surface area (Å²) in [6.45, 7) is 3.35. The molecule has 0 unspecified atom stereocenters. The topological polar surface area (TPSA) is 55.3 Å². The number of hydrogen-bond donors (Lipinski definition) is 0. The SMILES string of the molecule is COc1cccc(-c2ccc(C[C@@H]3CCCN(C(C)=O)C3)nn2)c1. The van der Waals surface area contributed by atoms with Crippen LogP contribution in [0.25, 0.3) is 11.3 Å². The van der Waals surface area contributed by atoms with Gasteiger partial charge < -0.3 is 9.64 Å². The Kier molecular flexibility index (Phi) is 5.08. The highest BCUT2D eigenvalue weighted by Crippen LogP contribution is 2.23. The van der Waals surface area contributed by atoms with Crippen molar-refractivity contribution >= 4 is 5.91 Å². The second kappa shape index (κ2) is 7.43. The molecule has 1 saturated heterocycles. The van der Waals surface area contributed by atoms with E-state index in [1.807, 2.05) is 41.3 Å². The van der Waals surface area contributed by atoms with Crippen LogP contribution >= 0.6 is 0 Å². The van der Waals surface area contributed by atoms with Gasteiger partial charge in [0.1, 0.15) is 5.75 Å². The van der Waals surface area contributed by atoms with E-state index in [4.69, 9.17) is 4.74 Å². The van der Waals surface area contributed by atoms with Crippen molar-refractivity contribution in [3.8, 4) is 17.0 Å². The van der Waals surface area contributed by atoms with E-state index in [9.17, 15) is 4.79 Å². The summed E-state index contributed by atoms with van der Waals surface area (Å²) in [6.07, 6.45) is 3.08. The van der Waals surface area contributed by atoms with E-state index in [2.05, 4.69) is 10.2 Å². The largest absolute Gasteiger partial charge is 0.497 e. The Labute approximate surface area is 142 Å². The van der Waals surface area contributed by atoms with E-state index in [1.165, 1.54) is 0 Å². The van der Waals surface area contributed by atoms with Crippen molar-refractivity contribution in [3.63, 3.8) is 0 Å². The van der Waals surface area contributed by atoms with E-state index in [0.29, 0.717) is 5.92 Å². The van der Waals surface area contributed by atoms with E-state index in [1.54, 1.807) is 14.0 Å². The molecule has 5 heteroatoms. The number of methoxy groups -OCH3 is 1. The zero-order valence-electron chi connectivity index (χ0n) is 14.2. The second-order valence-electron chi connectivity index (χ2n) is 6.32. The Morgan fingerprint density at radius 1 is 1.29 bits per heavy atom. The summed E-state index contributed by atoms with van der Waals surface area (Å²) in [5.41, 5.74) is 2.82. The number of rotatable bonds is 4. The minimum Gasteiger partial charge on any atom is -0.497 e. The highest BCUT2D eigenvalue weighted by atomic mass is 16.5. The van der Waals surface area contributed by atoms with Crippen molar-refractivity contribution in [2.24, 2.45) is 5.92 Å². The van der Waals surface area contributed by atoms with Crippen LogP contribution in [0.1, 0.15) is 25.5 Å². The third-order valence-electron chi connectivity index (χ3n) is 4.55. The average Bonchev–Trinajstić information content (AvgIpc) is 2.62. The van der Waals surface area contributed by atoms with Gasteiger partial charge in [-0.1, -0.05) is 12.1 Å². The lowest BCUT2D eigenvalue weighted by Crippen LogP contribution is -2.39. The lowest BCUT2D eigenvalue weighted by molar-refractivity contribution is -0.130. The third kappa shape index (κ3) is 3.91. The Bertz CT molecular complexity index is 700. The number of aromatic nitrogens is 2. The number of amides is 1. The predicted molar refractivity (Wildman–Crippen MR) is 92.7 cm³/mol. The zero-order valence-corrected chi connectivity index (χ0v) is 14.2. The standard InChI is InChI=1S/C19H23N3O2/c1-14(23)22-10-4-5-15(13-22)11-17-8-9-19(21-20-17)16-6-3-7-18(12-16)24-2/h3,6-9,12,15H,4-5,10-11,13H2,1-2H3/t15-/m0/s1. The molecular formula is C19H23N3O2. The van der Waals surface area contributed by atoms with E-state index < -0.39 is 0 Å².